The average Bonchev–Trinajstić information content (AvgIpc) is 3.28. The van der Waals surface area contributed by atoms with E-state index in [1.54, 1.807) is 33.6 Å². The number of thiocarbonyl (C=S) groups is 1. The van der Waals surface area contributed by atoms with E-state index in [-0.39, 0.29) is 5.91 Å². The van der Waals surface area contributed by atoms with E-state index in [0.29, 0.717) is 30.6 Å². The van der Waals surface area contributed by atoms with Gasteiger partial charge in [0.15, 0.2) is 5.11 Å². The van der Waals surface area contributed by atoms with Crippen LogP contribution in [0.3, 0.4) is 0 Å². The molecule has 1 aliphatic rings. The second-order valence-corrected chi connectivity index (χ2v) is 7.11. The summed E-state index contributed by atoms with van der Waals surface area (Å²) in [5, 5.41) is 10.4. The predicted octanol–water partition coefficient (Wildman–Crippen LogP) is 3.36. The van der Waals surface area contributed by atoms with Crippen LogP contribution >= 0.6 is 34.9 Å². The molecule has 1 amide bonds. The maximum Gasteiger partial charge on any atom is 0.276 e. The highest BCUT2D eigenvalue weighted by molar-refractivity contribution is 7.80. The van der Waals surface area contributed by atoms with Gasteiger partial charge in [-0.05, 0) is 43.1 Å². The van der Waals surface area contributed by atoms with Gasteiger partial charge in [0, 0.05) is 36.1 Å². The van der Waals surface area contributed by atoms with E-state index >= 15 is 0 Å². The number of carbonyl (C=O) groups excluding carboxylic acids is 1. The zero-order valence-electron chi connectivity index (χ0n) is 13.2. The van der Waals surface area contributed by atoms with Gasteiger partial charge in [0.1, 0.15) is 10.7 Å². The van der Waals surface area contributed by atoms with Crippen molar-refractivity contribution in [2.45, 2.75) is 13.3 Å². The Balaban J connectivity index is 1.67. The zero-order chi connectivity index (χ0) is 16.9. The molecular formula is C16H17N3O2S3. The first-order chi connectivity index (χ1) is 11.7. The zero-order valence-corrected chi connectivity index (χ0v) is 15.6. The molecule has 2 aromatic heterocycles. The maximum absolute atomic E-state index is 12.5. The Morgan fingerprint density at radius 1 is 1.46 bits per heavy atom. The standard InChI is InChI=1S/C16H17N3O2S3/c1-2-21-6-3-5-19-15(20)13(18-16(19)22)8-12-10-24-14(17-12)11-4-7-23-9-11/h4,7-10H,2-3,5-6H2,1H3,(H,18,22)/b13-8-. The number of nitrogens with one attached hydrogen (secondary N) is 1. The Labute approximate surface area is 154 Å². The van der Waals surface area contributed by atoms with Crippen molar-refractivity contribution in [2.24, 2.45) is 0 Å². The normalized spacial score (nSPS) is 16.2. The molecule has 8 heteroatoms. The Morgan fingerprint density at radius 3 is 3.08 bits per heavy atom. The van der Waals surface area contributed by atoms with Crippen LogP contribution in [0.2, 0.25) is 0 Å². The Kier molecular flexibility index (Phi) is 5.72. The molecule has 24 heavy (non-hydrogen) atoms. The van der Waals surface area contributed by atoms with Gasteiger partial charge in [0.2, 0.25) is 0 Å². The topological polar surface area (TPSA) is 54.5 Å². The molecule has 5 nitrogen and oxygen atoms in total. The first-order valence-electron chi connectivity index (χ1n) is 7.59. The summed E-state index contributed by atoms with van der Waals surface area (Å²) in [7, 11) is 0. The number of thiophene rings is 1. The lowest BCUT2D eigenvalue weighted by Gasteiger charge is -2.13. The van der Waals surface area contributed by atoms with Crippen LogP contribution in [0.4, 0.5) is 0 Å². The average molecular weight is 380 g/mol. The monoisotopic (exact) mass is 379 g/mol. The second kappa shape index (κ2) is 7.98. The van der Waals surface area contributed by atoms with Crippen molar-refractivity contribution < 1.29 is 9.53 Å². The van der Waals surface area contributed by atoms with Crippen molar-refractivity contribution in [3.8, 4) is 10.6 Å². The first-order valence-corrected chi connectivity index (χ1v) is 9.82. The molecule has 3 rings (SSSR count). The van der Waals surface area contributed by atoms with E-state index in [4.69, 9.17) is 17.0 Å². The summed E-state index contributed by atoms with van der Waals surface area (Å²) in [6.07, 6.45) is 2.51. The van der Waals surface area contributed by atoms with E-state index in [1.807, 2.05) is 23.8 Å². The number of rotatable bonds is 7. The van der Waals surface area contributed by atoms with Gasteiger partial charge in [-0.2, -0.15) is 11.3 Å². The second-order valence-electron chi connectivity index (χ2n) is 5.08. The highest BCUT2D eigenvalue weighted by Gasteiger charge is 2.30. The third-order valence-corrected chi connectivity index (χ3v) is 5.33. The molecule has 0 aromatic carbocycles. The van der Waals surface area contributed by atoms with Gasteiger partial charge < -0.3 is 10.1 Å². The van der Waals surface area contributed by atoms with Gasteiger partial charge in [0.05, 0.1) is 5.69 Å². The van der Waals surface area contributed by atoms with Gasteiger partial charge in [-0.1, -0.05) is 0 Å². The minimum Gasteiger partial charge on any atom is -0.382 e. The van der Waals surface area contributed by atoms with Gasteiger partial charge in [0.25, 0.3) is 5.91 Å². The Morgan fingerprint density at radius 2 is 2.33 bits per heavy atom. The smallest absolute Gasteiger partial charge is 0.276 e. The molecule has 0 aliphatic carbocycles. The number of hydrogen-bond donors (Lipinski definition) is 1. The third-order valence-electron chi connectivity index (χ3n) is 3.42. The summed E-state index contributed by atoms with van der Waals surface area (Å²) in [5.41, 5.74) is 2.34. The molecule has 126 valence electrons. The molecule has 0 saturated carbocycles. The summed E-state index contributed by atoms with van der Waals surface area (Å²) in [4.78, 5) is 18.6. The molecule has 1 N–H and O–H groups in total. The highest BCUT2D eigenvalue weighted by atomic mass is 32.1. The van der Waals surface area contributed by atoms with Crippen molar-refractivity contribution in [2.75, 3.05) is 19.8 Å². The molecule has 1 saturated heterocycles. The predicted molar refractivity (Wildman–Crippen MR) is 102 cm³/mol. The Bertz CT molecular complexity index is 752. The first kappa shape index (κ1) is 17.2. The molecule has 0 bridgehead atoms. The summed E-state index contributed by atoms with van der Waals surface area (Å²) in [6, 6.07) is 2.04. The van der Waals surface area contributed by atoms with Crippen LogP contribution < -0.4 is 5.32 Å². The molecular weight excluding hydrogens is 362 g/mol. The third kappa shape index (κ3) is 3.89. The van der Waals surface area contributed by atoms with Crippen molar-refractivity contribution in [1.29, 1.82) is 0 Å². The van der Waals surface area contributed by atoms with Crippen LogP contribution in [0.1, 0.15) is 19.0 Å². The quantitative estimate of drug-likeness (QED) is 0.454. The lowest BCUT2D eigenvalue weighted by molar-refractivity contribution is -0.122. The molecule has 0 atom stereocenters. The molecule has 1 fully saturated rings. The number of aromatic nitrogens is 1. The highest BCUT2D eigenvalue weighted by Crippen LogP contribution is 2.26. The summed E-state index contributed by atoms with van der Waals surface area (Å²) < 4.78 is 5.30. The molecule has 0 spiro atoms. The van der Waals surface area contributed by atoms with Crippen LogP contribution in [-0.2, 0) is 9.53 Å². The van der Waals surface area contributed by atoms with Crippen molar-refractivity contribution >= 4 is 52.0 Å². The van der Waals surface area contributed by atoms with Crippen LogP contribution in [0.25, 0.3) is 16.6 Å². The number of hydrogen-bond acceptors (Lipinski definition) is 6. The van der Waals surface area contributed by atoms with Gasteiger partial charge >= 0.3 is 0 Å². The van der Waals surface area contributed by atoms with Crippen molar-refractivity contribution in [3.63, 3.8) is 0 Å². The molecule has 0 unspecified atom stereocenters. The number of nitrogens with zero attached hydrogens (tertiary/aromatic N) is 2. The van der Waals surface area contributed by atoms with Gasteiger partial charge in [-0.15, -0.1) is 11.3 Å². The number of amides is 1. The minimum absolute atomic E-state index is 0.110. The van der Waals surface area contributed by atoms with E-state index in [2.05, 4.69) is 15.7 Å². The van der Waals surface area contributed by atoms with Gasteiger partial charge in [-0.3, -0.25) is 9.69 Å². The van der Waals surface area contributed by atoms with E-state index in [9.17, 15) is 4.79 Å². The lowest BCUT2D eigenvalue weighted by Crippen LogP contribution is -2.32. The van der Waals surface area contributed by atoms with Crippen molar-refractivity contribution in [1.82, 2.24) is 15.2 Å². The van der Waals surface area contributed by atoms with E-state index < -0.39 is 0 Å². The molecule has 2 aromatic rings. The fourth-order valence-corrected chi connectivity index (χ4v) is 4.04. The molecule has 0 radical (unpaired) electrons. The van der Waals surface area contributed by atoms with Crippen LogP contribution in [-0.4, -0.2) is 40.7 Å². The fraction of sp³-hybridized carbons (Fsp3) is 0.312. The summed E-state index contributed by atoms with van der Waals surface area (Å²) in [6.45, 7) is 3.81. The molecule has 1 aliphatic heterocycles. The fourth-order valence-electron chi connectivity index (χ4n) is 2.26. The Hall–Kier alpha value is -1.61. The largest absolute Gasteiger partial charge is 0.382 e. The minimum atomic E-state index is -0.110. The van der Waals surface area contributed by atoms with Gasteiger partial charge in [-0.25, -0.2) is 4.98 Å². The number of carbonyl (C=O) groups is 1. The SMILES string of the molecule is CCOCCCN1C(=O)/C(=C/c2csc(-c3ccsc3)n2)NC1=S. The lowest BCUT2D eigenvalue weighted by atomic mass is 10.3. The van der Waals surface area contributed by atoms with E-state index in [0.717, 1.165) is 22.7 Å². The summed E-state index contributed by atoms with van der Waals surface area (Å²) in [5.74, 6) is -0.110. The summed E-state index contributed by atoms with van der Waals surface area (Å²) >= 11 is 8.46. The van der Waals surface area contributed by atoms with E-state index in [1.165, 1.54) is 0 Å². The van der Waals surface area contributed by atoms with Crippen LogP contribution in [0.15, 0.2) is 27.9 Å². The van der Waals surface area contributed by atoms with Crippen molar-refractivity contribution in [3.05, 3.63) is 33.6 Å². The number of ether oxygens (including phenoxy) is 1. The molecule has 3 heterocycles. The maximum atomic E-state index is 12.5. The number of thiazole rings is 1. The van der Waals surface area contributed by atoms with Crippen LogP contribution in [0, 0.1) is 0 Å². The van der Waals surface area contributed by atoms with Crippen LogP contribution in [0.5, 0.6) is 0 Å².